The third kappa shape index (κ3) is 3.20. The lowest BCUT2D eigenvalue weighted by molar-refractivity contribution is -0.144. The maximum absolute atomic E-state index is 13.3. The van der Waals surface area contributed by atoms with Crippen molar-refractivity contribution in [2.24, 2.45) is 34.0 Å². The summed E-state index contributed by atoms with van der Waals surface area (Å²) in [5, 5.41) is 53.3. The second kappa shape index (κ2) is 7.13. The molecule has 186 valence electrons. The zero-order valence-electron chi connectivity index (χ0n) is 20.5. The van der Waals surface area contributed by atoms with Crippen molar-refractivity contribution in [2.45, 2.75) is 115 Å². The van der Waals surface area contributed by atoms with Gasteiger partial charge < -0.3 is 25.5 Å². The van der Waals surface area contributed by atoms with E-state index < -0.39 is 29.5 Å². The third-order valence-corrected chi connectivity index (χ3v) is 11.0. The van der Waals surface area contributed by atoms with E-state index in [1.54, 1.807) is 20.8 Å². The molecule has 0 aromatic rings. The smallest absolute Gasteiger partial charge is 0.159 e. The van der Waals surface area contributed by atoms with Gasteiger partial charge in [0.1, 0.15) is 0 Å². The van der Waals surface area contributed by atoms with Crippen molar-refractivity contribution >= 4 is 5.78 Å². The van der Waals surface area contributed by atoms with Crippen LogP contribution in [-0.2, 0) is 4.79 Å². The van der Waals surface area contributed by atoms with Crippen molar-refractivity contribution in [2.75, 3.05) is 0 Å². The zero-order chi connectivity index (χ0) is 24.2. The first-order valence-corrected chi connectivity index (χ1v) is 12.9. The number of rotatable bonds is 5. The first-order chi connectivity index (χ1) is 15.2. The van der Waals surface area contributed by atoms with Crippen molar-refractivity contribution in [3.63, 3.8) is 0 Å². The van der Waals surface area contributed by atoms with Crippen LogP contribution in [0.2, 0.25) is 0 Å². The molecule has 4 saturated carbocycles. The zero-order valence-corrected chi connectivity index (χ0v) is 20.5. The van der Waals surface area contributed by atoms with E-state index >= 15 is 0 Å². The van der Waals surface area contributed by atoms with Crippen LogP contribution < -0.4 is 0 Å². The van der Waals surface area contributed by atoms with Gasteiger partial charge in [-0.15, -0.1) is 0 Å². The molecule has 0 unspecified atom stereocenters. The molecule has 0 aromatic heterocycles. The molecule has 0 aromatic carbocycles. The maximum atomic E-state index is 13.3. The van der Waals surface area contributed by atoms with Crippen LogP contribution in [0.4, 0.5) is 0 Å². The Balaban J connectivity index is 1.43. The summed E-state index contributed by atoms with van der Waals surface area (Å²) in [4.78, 5) is 13.3. The predicted octanol–water partition coefficient (Wildman–Crippen LogP) is 2.49. The summed E-state index contributed by atoms with van der Waals surface area (Å²) in [6.07, 6.45) is 5.49. The molecule has 0 bridgehead atoms. The van der Waals surface area contributed by atoms with Gasteiger partial charge in [-0.25, -0.2) is 0 Å². The van der Waals surface area contributed by atoms with Gasteiger partial charge in [-0.1, -0.05) is 12.5 Å². The molecule has 0 radical (unpaired) electrons. The van der Waals surface area contributed by atoms with Gasteiger partial charge in [0.05, 0.1) is 29.5 Å². The van der Waals surface area contributed by atoms with E-state index in [0.29, 0.717) is 25.7 Å². The first kappa shape index (κ1) is 23.9. The average molecular weight is 463 g/mol. The van der Waals surface area contributed by atoms with Gasteiger partial charge in [0, 0.05) is 5.92 Å². The molecule has 4 fully saturated rings. The largest absolute Gasteiger partial charge is 0.390 e. The van der Waals surface area contributed by atoms with Gasteiger partial charge in [-0.3, -0.25) is 4.79 Å². The fraction of sp³-hybridized carbons (Fsp3) is 0.889. The lowest BCUT2D eigenvalue weighted by Gasteiger charge is -2.55. The molecule has 6 heteroatoms. The molecule has 0 amide bonds. The lowest BCUT2D eigenvalue weighted by Crippen LogP contribution is -2.55. The van der Waals surface area contributed by atoms with Gasteiger partial charge in [0.2, 0.25) is 0 Å². The molecule has 0 saturated heterocycles. The quantitative estimate of drug-likeness (QED) is 0.428. The second-order valence-corrected chi connectivity index (χ2v) is 13.3. The third-order valence-electron chi connectivity index (χ3n) is 11.0. The summed E-state index contributed by atoms with van der Waals surface area (Å²) < 4.78 is 0. The number of aliphatic hydroxyl groups excluding tert-OH is 3. The molecule has 33 heavy (non-hydrogen) atoms. The number of aliphatic hydroxyl groups is 5. The molecule has 5 N–H and O–H groups in total. The predicted molar refractivity (Wildman–Crippen MR) is 123 cm³/mol. The summed E-state index contributed by atoms with van der Waals surface area (Å²) >= 11 is 0. The summed E-state index contributed by atoms with van der Waals surface area (Å²) in [6, 6.07) is 0. The minimum atomic E-state index is -1.24. The van der Waals surface area contributed by atoms with Crippen LogP contribution in [0.25, 0.3) is 0 Å². The minimum absolute atomic E-state index is 0.0388. The Hall–Kier alpha value is -0.790. The Morgan fingerprint density at radius 2 is 1.79 bits per heavy atom. The molecule has 6 nitrogen and oxygen atoms in total. The van der Waals surface area contributed by atoms with Crippen molar-refractivity contribution < 1.29 is 30.3 Å². The van der Waals surface area contributed by atoms with Crippen LogP contribution in [-0.4, -0.2) is 60.8 Å². The molecule has 5 rings (SSSR count). The number of ketones is 1. The number of carbonyl (C=O) groups excluding carboxylic acids is 1. The van der Waals surface area contributed by atoms with E-state index in [1.807, 2.05) is 6.08 Å². The molecular weight excluding hydrogens is 420 g/mol. The maximum Gasteiger partial charge on any atom is 0.159 e. The molecule has 0 spiro atoms. The Bertz CT molecular complexity index is 872. The highest BCUT2D eigenvalue weighted by Gasteiger charge is 2.80. The van der Waals surface area contributed by atoms with E-state index in [9.17, 15) is 30.3 Å². The van der Waals surface area contributed by atoms with Crippen LogP contribution in [0.5, 0.6) is 0 Å². The summed E-state index contributed by atoms with van der Waals surface area (Å²) in [6.45, 7) is 7.34. The van der Waals surface area contributed by atoms with E-state index in [-0.39, 0.29) is 39.8 Å². The number of fused-ring (bicyclic) bond motifs is 3. The van der Waals surface area contributed by atoms with Gasteiger partial charge in [0.15, 0.2) is 5.78 Å². The standard InChI is InChI=1S/C27H42O6/c1-23(2,32)8-7-22(31)25(4,33)21-6-10-26-14-27(21,26)9-5-15-16(26)11-18(28)17-12-19(29)20(30)13-24(15,17)3/h11,15,17,19-22,29-33H,5-10,12-14H2,1-4H3/t15-,17-,19+,20-,21+,22+,24+,25+,26-,27-/m0/s1. The molecular formula is C27H42O6. The molecule has 0 aliphatic heterocycles. The SMILES string of the molecule is CC(C)(O)CC[C@@H](O)[C@](C)(O)[C@H]1CC[C@@]23C[C@@]12CC[C@H]1C3=CC(=O)[C@@H]2C[C@@H](O)[C@@H](O)C[C@@]21C. The van der Waals surface area contributed by atoms with Crippen LogP contribution in [0.3, 0.4) is 0 Å². The Labute approximate surface area is 197 Å². The van der Waals surface area contributed by atoms with Crippen molar-refractivity contribution in [1.82, 2.24) is 0 Å². The number of hydrogen-bond donors (Lipinski definition) is 5. The topological polar surface area (TPSA) is 118 Å². The number of allylic oxidation sites excluding steroid dienone is 2. The molecule has 0 heterocycles. The molecule has 5 aliphatic rings. The van der Waals surface area contributed by atoms with E-state index in [0.717, 1.165) is 32.1 Å². The Morgan fingerprint density at radius 1 is 1.09 bits per heavy atom. The number of hydrogen-bond acceptors (Lipinski definition) is 6. The second-order valence-electron chi connectivity index (χ2n) is 13.3. The summed E-state index contributed by atoms with van der Waals surface area (Å²) in [5.41, 5.74) is -1.39. The Morgan fingerprint density at radius 3 is 2.45 bits per heavy atom. The van der Waals surface area contributed by atoms with Crippen molar-refractivity contribution in [3.05, 3.63) is 11.6 Å². The van der Waals surface area contributed by atoms with Crippen LogP contribution in [0.15, 0.2) is 11.6 Å². The first-order valence-electron chi connectivity index (χ1n) is 12.9. The van der Waals surface area contributed by atoms with Gasteiger partial charge in [-0.2, -0.15) is 0 Å². The van der Waals surface area contributed by atoms with Gasteiger partial charge >= 0.3 is 0 Å². The normalized spacial score (nSPS) is 49.2. The monoisotopic (exact) mass is 462 g/mol. The molecule has 10 atom stereocenters. The Kier molecular flexibility index (Phi) is 5.17. The van der Waals surface area contributed by atoms with E-state index in [1.165, 1.54) is 5.57 Å². The summed E-state index contributed by atoms with van der Waals surface area (Å²) in [7, 11) is 0. The van der Waals surface area contributed by atoms with Crippen LogP contribution >= 0.6 is 0 Å². The fourth-order valence-corrected chi connectivity index (χ4v) is 9.15. The highest BCUT2D eigenvalue weighted by Crippen LogP contribution is 2.86. The van der Waals surface area contributed by atoms with E-state index in [4.69, 9.17) is 0 Å². The van der Waals surface area contributed by atoms with Crippen LogP contribution in [0.1, 0.15) is 85.5 Å². The average Bonchev–Trinajstić information content (AvgIpc) is 3.26. The van der Waals surface area contributed by atoms with Gasteiger partial charge in [0.25, 0.3) is 0 Å². The van der Waals surface area contributed by atoms with Gasteiger partial charge in [-0.05, 0) is 113 Å². The highest BCUT2D eigenvalue weighted by molar-refractivity contribution is 5.95. The van der Waals surface area contributed by atoms with E-state index in [2.05, 4.69) is 6.92 Å². The number of carbonyl (C=O) groups is 1. The lowest BCUT2D eigenvalue weighted by atomic mass is 9.49. The van der Waals surface area contributed by atoms with Crippen molar-refractivity contribution in [3.8, 4) is 0 Å². The van der Waals surface area contributed by atoms with Crippen LogP contribution in [0, 0.1) is 34.0 Å². The minimum Gasteiger partial charge on any atom is -0.390 e. The molecule has 5 aliphatic carbocycles. The summed E-state index contributed by atoms with van der Waals surface area (Å²) in [5.74, 6) is 0.0355. The van der Waals surface area contributed by atoms with Crippen molar-refractivity contribution in [1.29, 1.82) is 0 Å². The fourth-order valence-electron chi connectivity index (χ4n) is 9.15. The highest BCUT2D eigenvalue weighted by atomic mass is 16.3.